The van der Waals surface area contributed by atoms with Gasteiger partial charge in [0.2, 0.25) is 0 Å². The molecular weight excluding hydrogens is 152 g/mol. The molecule has 2 nitrogen and oxygen atoms in total. The van der Waals surface area contributed by atoms with Gasteiger partial charge in [-0.05, 0) is 18.8 Å². The third kappa shape index (κ3) is 1.35. The van der Waals surface area contributed by atoms with Crippen LogP contribution in [-0.2, 0) is 4.79 Å². The maximum atomic E-state index is 11.1. The number of hydrogen-bond donors (Lipinski definition) is 1. The molecule has 0 heterocycles. The molecule has 1 fully saturated rings. The number of carbonyl (C=O) groups is 1. The number of aliphatic carboxylic acids is 1. The van der Waals surface area contributed by atoms with Crippen LogP contribution in [0.4, 0.5) is 0 Å². The molecule has 0 saturated heterocycles. The monoisotopic (exact) mass is 170 g/mol. The van der Waals surface area contributed by atoms with E-state index in [1.807, 2.05) is 0 Å². The number of carboxylic acid groups (broad SMARTS) is 1. The highest BCUT2D eigenvalue weighted by Crippen LogP contribution is 2.45. The lowest BCUT2D eigenvalue weighted by Gasteiger charge is -2.30. The highest BCUT2D eigenvalue weighted by atomic mass is 16.4. The fourth-order valence-corrected chi connectivity index (χ4v) is 2.31. The number of hydrogen-bond acceptors (Lipinski definition) is 1. The summed E-state index contributed by atoms with van der Waals surface area (Å²) >= 11 is 0. The van der Waals surface area contributed by atoms with Gasteiger partial charge in [-0.25, -0.2) is 0 Å². The Hall–Kier alpha value is -0.530. The van der Waals surface area contributed by atoms with Crippen molar-refractivity contribution in [2.45, 2.75) is 46.0 Å². The molecule has 1 N–H and O–H groups in total. The van der Waals surface area contributed by atoms with Crippen LogP contribution in [0.15, 0.2) is 0 Å². The molecule has 2 heteroatoms. The smallest absolute Gasteiger partial charge is 0.309 e. The van der Waals surface area contributed by atoms with Crippen molar-refractivity contribution in [3.8, 4) is 0 Å². The average Bonchev–Trinajstić information content (AvgIpc) is 2.52. The van der Waals surface area contributed by atoms with Gasteiger partial charge in [0.25, 0.3) is 0 Å². The molecule has 0 aromatic rings. The van der Waals surface area contributed by atoms with Crippen LogP contribution in [0.5, 0.6) is 0 Å². The molecule has 0 spiro atoms. The largest absolute Gasteiger partial charge is 0.481 e. The van der Waals surface area contributed by atoms with Crippen LogP contribution in [0.25, 0.3) is 0 Å². The molecule has 1 atom stereocenters. The third-order valence-corrected chi connectivity index (χ3v) is 3.48. The first-order valence-electron chi connectivity index (χ1n) is 4.87. The fraction of sp³-hybridized carbons (Fsp3) is 0.900. The summed E-state index contributed by atoms with van der Waals surface area (Å²) < 4.78 is 0. The molecule has 0 radical (unpaired) electrons. The van der Waals surface area contributed by atoms with Crippen LogP contribution < -0.4 is 0 Å². The first-order valence-corrected chi connectivity index (χ1v) is 4.87. The Morgan fingerprint density at radius 3 is 2.33 bits per heavy atom. The van der Waals surface area contributed by atoms with Gasteiger partial charge >= 0.3 is 5.97 Å². The lowest BCUT2D eigenvalue weighted by atomic mass is 9.73. The van der Waals surface area contributed by atoms with Gasteiger partial charge in [0.1, 0.15) is 0 Å². The summed E-state index contributed by atoms with van der Waals surface area (Å²) in [7, 11) is 0. The Bertz CT molecular complexity index is 169. The van der Waals surface area contributed by atoms with Gasteiger partial charge in [0, 0.05) is 0 Å². The summed E-state index contributed by atoms with van der Waals surface area (Å²) in [4.78, 5) is 11.1. The zero-order chi connectivity index (χ0) is 9.19. The summed E-state index contributed by atoms with van der Waals surface area (Å²) in [5.74, 6) is -0.244. The number of carboxylic acids is 1. The molecule has 12 heavy (non-hydrogen) atoms. The van der Waals surface area contributed by atoms with Gasteiger partial charge in [-0.3, -0.25) is 4.79 Å². The SMILES string of the molecule is CCC(C)C1(C(=O)O)CCCC1. The summed E-state index contributed by atoms with van der Waals surface area (Å²) in [6, 6.07) is 0. The Balaban J connectivity index is 2.78. The lowest BCUT2D eigenvalue weighted by Crippen LogP contribution is -2.34. The Morgan fingerprint density at radius 2 is 2.00 bits per heavy atom. The lowest BCUT2D eigenvalue weighted by molar-refractivity contribution is -0.152. The van der Waals surface area contributed by atoms with E-state index < -0.39 is 5.97 Å². The average molecular weight is 170 g/mol. The molecule has 1 aliphatic rings. The predicted octanol–water partition coefficient (Wildman–Crippen LogP) is 2.68. The first-order chi connectivity index (χ1) is 5.63. The normalized spacial score (nSPS) is 23.8. The molecule has 70 valence electrons. The zero-order valence-electron chi connectivity index (χ0n) is 7.97. The van der Waals surface area contributed by atoms with E-state index in [9.17, 15) is 4.79 Å². The van der Waals surface area contributed by atoms with Gasteiger partial charge in [-0.2, -0.15) is 0 Å². The van der Waals surface area contributed by atoms with Crippen molar-refractivity contribution >= 4 is 5.97 Å². The molecule has 1 saturated carbocycles. The second-order valence-corrected chi connectivity index (χ2v) is 3.98. The third-order valence-electron chi connectivity index (χ3n) is 3.48. The van der Waals surface area contributed by atoms with Crippen molar-refractivity contribution in [3.63, 3.8) is 0 Å². The van der Waals surface area contributed by atoms with Crippen molar-refractivity contribution in [2.75, 3.05) is 0 Å². The molecule has 0 amide bonds. The highest BCUT2D eigenvalue weighted by molar-refractivity contribution is 5.75. The van der Waals surface area contributed by atoms with Crippen LogP contribution in [0.1, 0.15) is 46.0 Å². The minimum Gasteiger partial charge on any atom is -0.481 e. The maximum Gasteiger partial charge on any atom is 0.309 e. The van der Waals surface area contributed by atoms with Gasteiger partial charge < -0.3 is 5.11 Å². The van der Waals surface area contributed by atoms with Crippen LogP contribution >= 0.6 is 0 Å². The van der Waals surface area contributed by atoms with Crippen molar-refractivity contribution in [2.24, 2.45) is 11.3 Å². The van der Waals surface area contributed by atoms with E-state index in [2.05, 4.69) is 13.8 Å². The van der Waals surface area contributed by atoms with E-state index >= 15 is 0 Å². The molecule has 1 aliphatic carbocycles. The van der Waals surface area contributed by atoms with Crippen molar-refractivity contribution in [1.82, 2.24) is 0 Å². The van der Waals surface area contributed by atoms with Gasteiger partial charge in [0.15, 0.2) is 0 Å². The predicted molar refractivity (Wildman–Crippen MR) is 48.0 cm³/mol. The van der Waals surface area contributed by atoms with E-state index in [0.29, 0.717) is 5.92 Å². The van der Waals surface area contributed by atoms with Crippen LogP contribution in [-0.4, -0.2) is 11.1 Å². The maximum absolute atomic E-state index is 11.1. The minimum absolute atomic E-state index is 0.331. The molecular formula is C10H18O2. The zero-order valence-corrected chi connectivity index (χ0v) is 7.97. The summed E-state index contributed by atoms with van der Waals surface area (Å²) in [5, 5.41) is 9.17. The van der Waals surface area contributed by atoms with E-state index in [1.165, 1.54) is 0 Å². The van der Waals surface area contributed by atoms with Crippen molar-refractivity contribution < 1.29 is 9.90 Å². The minimum atomic E-state index is -0.575. The molecule has 1 unspecified atom stereocenters. The summed E-state index contributed by atoms with van der Waals surface area (Å²) in [5.41, 5.74) is -0.380. The van der Waals surface area contributed by atoms with Crippen LogP contribution in [0.2, 0.25) is 0 Å². The van der Waals surface area contributed by atoms with Gasteiger partial charge in [-0.15, -0.1) is 0 Å². The standard InChI is InChI=1S/C10H18O2/c1-3-8(2)10(9(11)12)6-4-5-7-10/h8H,3-7H2,1-2H3,(H,11,12). The molecule has 0 aromatic carbocycles. The Morgan fingerprint density at radius 1 is 1.50 bits per heavy atom. The summed E-state index contributed by atoms with van der Waals surface area (Å²) in [6.45, 7) is 4.15. The Labute approximate surface area is 74.0 Å². The van der Waals surface area contributed by atoms with E-state index in [0.717, 1.165) is 32.1 Å². The van der Waals surface area contributed by atoms with E-state index in [1.54, 1.807) is 0 Å². The molecule has 0 aliphatic heterocycles. The fourth-order valence-electron chi connectivity index (χ4n) is 2.31. The van der Waals surface area contributed by atoms with Crippen LogP contribution in [0.3, 0.4) is 0 Å². The van der Waals surface area contributed by atoms with E-state index in [-0.39, 0.29) is 5.41 Å². The second-order valence-electron chi connectivity index (χ2n) is 3.98. The second kappa shape index (κ2) is 3.46. The quantitative estimate of drug-likeness (QED) is 0.707. The van der Waals surface area contributed by atoms with E-state index in [4.69, 9.17) is 5.11 Å². The van der Waals surface area contributed by atoms with Crippen LogP contribution in [0, 0.1) is 11.3 Å². The topological polar surface area (TPSA) is 37.3 Å². The molecule has 0 aromatic heterocycles. The molecule has 0 bridgehead atoms. The first kappa shape index (κ1) is 9.56. The van der Waals surface area contributed by atoms with Crippen molar-refractivity contribution in [1.29, 1.82) is 0 Å². The number of rotatable bonds is 3. The van der Waals surface area contributed by atoms with Crippen molar-refractivity contribution in [3.05, 3.63) is 0 Å². The highest BCUT2D eigenvalue weighted by Gasteiger charge is 2.44. The van der Waals surface area contributed by atoms with Gasteiger partial charge in [0.05, 0.1) is 5.41 Å². The Kier molecular flexibility index (Phi) is 2.76. The molecule has 1 rings (SSSR count). The summed E-state index contributed by atoms with van der Waals surface area (Å²) in [6.07, 6.45) is 4.94. The van der Waals surface area contributed by atoms with Gasteiger partial charge in [-0.1, -0.05) is 33.1 Å².